The number of carbonyl (C=O) groups excluding carboxylic acids is 1. The number of carbonyl (C=O) groups is 1. The molecule has 1 heterocycles. The molecule has 0 radical (unpaired) electrons. The Morgan fingerprint density at radius 1 is 1.29 bits per heavy atom. The molecule has 0 bridgehead atoms. The molecule has 0 saturated carbocycles. The Bertz CT molecular complexity index is 575. The van der Waals surface area contributed by atoms with E-state index in [4.69, 9.17) is 11.6 Å². The molecule has 2 aromatic rings. The Hall–Kier alpha value is -1.60. The maximum atomic E-state index is 12.9. The molecule has 2 rings (SSSR count). The molecule has 0 unspecified atom stereocenters. The Morgan fingerprint density at radius 2 is 2.06 bits per heavy atom. The van der Waals surface area contributed by atoms with Crippen LogP contribution in [0.4, 0.5) is 14.5 Å². The number of nitrogens with zero attached hydrogens (tertiary/aromatic N) is 2. The van der Waals surface area contributed by atoms with Crippen LogP contribution in [0.2, 0.25) is 4.47 Å². The predicted molar refractivity (Wildman–Crippen MR) is 59.2 cm³/mol. The summed E-state index contributed by atoms with van der Waals surface area (Å²) in [5.41, 5.74) is 0.125. The highest BCUT2D eigenvalue weighted by Gasteiger charge is 2.13. The molecular weight excluding hydrogens is 272 g/mol. The van der Waals surface area contributed by atoms with E-state index in [1.54, 1.807) is 0 Å². The topological polar surface area (TPSA) is 54.9 Å². The van der Waals surface area contributed by atoms with E-state index in [0.717, 1.165) is 23.5 Å². The number of anilines is 1. The van der Waals surface area contributed by atoms with Crippen molar-refractivity contribution in [1.29, 1.82) is 0 Å². The molecule has 0 saturated heterocycles. The van der Waals surface area contributed by atoms with Crippen LogP contribution in [-0.2, 0) is 0 Å². The molecule has 17 heavy (non-hydrogen) atoms. The van der Waals surface area contributed by atoms with Crippen LogP contribution in [0.15, 0.2) is 18.2 Å². The monoisotopic (exact) mass is 275 g/mol. The van der Waals surface area contributed by atoms with E-state index in [1.165, 1.54) is 6.07 Å². The van der Waals surface area contributed by atoms with Crippen molar-refractivity contribution in [2.75, 3.05) is 5.32 Å². The normalized spacial score (nSPS) is 10.3. The van der Waals surface area contributed by atoms with Gasteiger partial charge in [-0.25, -0.2) is 8.78 Å². The largest absolute Gasteiger partial charge is 0.320 e. The molecule has 1 aromatic carbocycles. The second-order valence-electron chi connectivity index (χ2n) is 2.94. The van der Waals surface area contributed by atoms with Crippen LogP contribution < -0.4 is 5.32 Å². The fourth-order valence-electron chi connectivity index (χ4n) is 1.06. The van der Waals surface area contributed by atoms with Crippen LogP contribution in [0, 0.1) is 11.6 Å². The highest BCUT2D eigenvalue weighted by atomic mass is 35.5. The summed E-state index contributed by atoms with van der Waals surface area (Å²) >= 11 is 6.39. The van der Waals surface area contributed by atoms with E-state index in [1.807, 2.05) is 0 Å². The van der Waals surface area contributed by atoms with Gasteiger partial charge in [0, 0.05) is 11.8 Å². The molecule has 0 spiro atoms. The smallest absolute Gasteiger partial charge is 0.286 e. The summed E-state index contributed by atoms with van der Waals surface area (Å²) in [6.07, 6.45) is 0. The predicted octanol–water partition coefficient (Wildman–Crippen LogP) is 2.72. The van der Waals surface area contributed by atoms with Crippen molar-refractivity contribution in [3.63, 3.8) is 0 Å². The first-order chi connectivity index (χ1) is 8.06. The van der Waals surface area contributed by atoms with E-state index < -0.39 is 17.5 Å². The zero-order chi connectivity index (χ0) is 12.4. The zero-order valence-electron chi connectivity index (χ0n) is 8.08. The number of aromatic nitrogens is 2. The minimum Gasteiger partial charge on any atom is -0.320 e. The first-order valence-electron chi connectivity index (χ1n) is 4.31. The summed E-state index contributed by atoms with van der Waals surface area (Å²) in [5.74, 6) is -2.61. The number of rotatable bonds is 2. The fourth-order valence-corrected chi connectivity index (χ4v) is 1.78. The lowest BCUT2D eigenvalue weighted by atomic mass is 10.3. The number of nitrogens with one attached hydrogen (secondary N) is 1. The van der Waals surface area contributed by atoms with Gasteiger partial charge < -0.3 is 5.32 Å². The molecule has 4 nitrogen and oxygen atoms in total. The van der Waals surface area contributed by atoms with Gasteiger partial charge in [-0.1, -0.05) is 11.3 Å². The second kappa shape index (κ2) is 4.72. The summed E-state index contributed by atoms with van der Waals surface area (Å²) in [6.45, 7) is 0. The summed E-state index contributed by atoms with van der Waals surface area (Å²) in [6, 6.07) is 3.02. The van der Waals surface area contributed by atoms with Crippen molar-refractivity contribution in [3.8, 4) is 0 Å². The van der Waals surface area contributed by atoms with Gasteiger partial charge in [0.2, 0.25) is 9.47 Å². The molecule has 0 aliphatic rings. The van der Waals surface area contributed by atoms with Gasteiger partial charge in [0.25, 0.3) is 5.91 Å². The lowest BCUT2D eigenvalue weighted by Crippen LogP contribution is -2.11. The van der Waals surface area contributed by atoms with Gasteiger partial charge in [0.15, 0.2) is 11.6 Å². The Balaban J connectivity index is 2.15. The van der Waals surface area contributed by atoms with Crippen LogP contribution in [0.1, 0.15) is 9.80 Å². The SMILES string of the molecule is O=C(Nc1ccc(F)c(F)c1)c1nnc(Cl)s1. The lowest BCUT2D eigenvalue weighted by molar-refractivity contribution is 0.102. The van der Waals surface area contributed by atoms with Crippen molar-refractivity contribution in [3.05, 3.63) is 39.3 Å². The maximum absolute atomic E-state index is 12.9. The van der Waals surface area contributed by atoms with Gasteiger partial charge in [-0.2, -0.15) is 0 Å². The summed E-state index contributed by atoms with van der Waals surface area (Å²) in [5, 5.41) is 9.34. The van der Waals surface area contributed by atoms with E-state index in [9.17, 15) is 13.6 Å². The quantitative estimate of drug-likeness (QED) is 0.917. The first-order valence-corrected chi connectivity index (χ1v) is 5.51. The average Bonchev–Trinajstić information content (AvgIpc) is 2.70. The van der Waals surface area contributed by atoms with Gasteiger partial charge in [-0.05, 0) is 23.7 Å². The van der Waals surface area contributed by atoms with Crippen LogP contribution >= 0.6 is 22.9 Å². The van der Waals surface area contributed by atoms with Gasteiger partial charge in [0.05, 0.1) is 0 Å². The number of amides is 1. The zero-order valence-corrected chi connectivity index (χ0v) is 9.65. The number of hydrogen-bond donors (Lipinski definition) is 1. The second-order valence-corrected chi connectivity index (χ2v) is 4.50. The van der Waals surface area contributed by atoms with Crippen molar-refractivity contribution in [1.82, 2.24) is 10.2 Å². The fraction of sp³-hybridized carbons (Fsp3) is 0. The van der Waals surface area contributed by atoms with E-state index in [-0.39, 0.29) is 15.2 Å². The van der Waals surface area contributed by atoms with Crippen LogP contribution in [0.25, 0.3) is 0 Å². The van der Waals surface area contributed by atoms with E-state index >= 15 is 0 Å². The molecule has 88 valence electrons. The van der Waals surface area contributed by atoms with Gasteiger partial charge in [-0.3, -0.25) is 4.79 Å². The standard InChI is InChI=1S/C9H4ClF2N3OS/c10-9-15-14-8(17-9)7(16)13-4-1-2-5(11)6(12)3-4/h1-3H,(H,13,16). The molecule has 1 amide bonds. The Kier molecular flexibility index (Phi) is 3.30. The van der Waals surface area contributed by atoms with Gasteiger partial charge >= 0.3 is 0 Å². The lowest BCUT2D eigenvalue weighted by Gasteiger charge is -2.02. The van der Waals surface area contributed by atoms with Crippen molar-refractivity contribution in [2.45, 2.75) is 0 Å². The third-order valence-electron chi connectivity index (χ3n) is 1.77. The first kappa shape index (κ1) is 11.9. The third-order valence-corrected chi connectivity index (χ3v) is 2.79. The van der Waals surface area contributed by atoms with Crippen molar-refractivity contribution in [2.24, 2.45) is 0 Å². The molecule has 8 heteroatoms. The molecular formula is C9H4ClF2N3OS. The molecule has 1 aromatic heterocycles. The third kappa shape index (κ3) is 2.75. The summed E-state index contributed by atoms with van der Waals surface area (Å²) in [7, 11) is 0. The maximum Gasteiger partial charge on any atom is 0.286 e. The highest BCUT2D eigenvalue weighted by Crippen LogP contribution is 2.18. The van der Waals surface area contributed by atoms with Crippen molar-refractivity contribution < 1.29 is 13.6 Å². The van der Waals surface area contributed by atoms with Crippen molar-refractivity contribution >= 4 is 34.5 Å². The van der Waals surface area contributed by atoms with Gasteiger partial charge in [0.1, 0.15) is 0 Å². The number of benzene rings is 1. The minimum absolute atomic E-state index is 0.0414. The number of hydrogen-bond acceptors (Lipinski definition) is 4. The Morgan fingerprint density at radius 3 is 2.65 bits per heavy atom. The van der Waals surface area contributed by atoms with Crippen LogP contribution in [-0.4, -0.2) is 16.1 Å². The Labute approximate surface area is 103 Å². The summed E-state index contributed by atoms with van der Waals surface area (Å²) < 4.78 is 25.6. The molecule has 0 aliphatic carbocycles. The number of halogens is 3. The summed E-state index contributed by atoms with van der Waals surface area (Å²) in [4.78, 5) is 11.5. The average molecular weight is 276 g/mol. The molecule has 1 N–H and O–H groups in total. The van der Waals surface area contributed by atoms with E-state index in [2.05, 4.69) is 15.5 Å². The molecule has 0 atom stereocenters. The molecule has 0 fully saturated rings. The van der Waals surface area contributed by atoms with Crippen LogP contribution in [0.5, 0.6) is 0 Å². The van der Waals surface area contributed by atoms with Crippen LogP contribution in [0.3, 0.4) is 0 Å². The van der Waals surface area contributed by atoms with Gasteiger partial charge in [-0.15, -0.1) is 10.2 Å². The molecule has 0 aliphatic heterocycles. The minimum atomic E-state index is -1.04. The van der Waals surface area contributed by atoms with E-state index in [0.29, 0.717) is 0 Å². The highest BCUT2D eigenvalue weighted by molar-refractivity contribution is 7.17.